The molecule has 2 aromatic carbocycles. The summed E-state index contributed by atoms with van der Waals surface area (Å²) in [6, 6.07) is 13.7. The molecule has 0 unspecified atom stereocenters. The van der Waals surface area contributed by atoms with Crippen molar-refractivity contribution in [1.82, 2.24) is 15.3 Å². The lowest BCUT2D eigenvalue weighted by Gasteiger charge is -2.13. The van der Waals surface area contributed by atoms with Crippen molar-refractivity contribution in [3.05, 3.63) is 65.5 Å². The van der Waals surface area contributed by atoms with E-state index in [0.717, 1.165) is 17.7 Å². The fourth-order valence-corrected chi connectivity index (χ4v) is 3.10. The summed E-state index contributed by atoms with van der Waals surface area (Å²) < 4.78 is 0. The summed E-state index contributed by atoms with van der Waals surface area (Å²) in [5, 5.41) is 2.90. The molecular formula is C20H14N4O3. The average molecular weight is 358 g/mol. The summed E-state index contributed by atoms with van der Waals surface area (Å²) in [4.78, 5) is 47.3. The van der Waals surface area contributed by atoms with Gasteiger partial charge in [-0.3, -0.25) is 14.4 Å². The van der Waals surface area contributed by atoms with Crippen molar-refractivity contribution in [1.29, 1.82) is 0 Å². The number of carbonyl (C=O) groups is 3. The third-order valence-electron chi connectivity index (χ3n) is 4.68. The van der Waals surface area contributed by atoms with Crippen LogP contribution in [0.15, 0.2) is 48.5 Å². The molecule has 1 aliphatic carbocycles. The number of nitrogens with one attached hydrogen (secondary N) is 1. The number of fused-ring (bicyclic) bond motifs is 2. The SMILES string of the molecule is O=C(NC1CC1)c1ccc(N2C(=O)c3nc4ccccc4nc3C2=O)cc1. The fraction of sp³-hybridized carbons (Fsp3) is 0.150. The van der Waals surface area contributed by atoms with Gasteiger partial charge in [-0.25, -0.2) is 14.9 Å². The lowest BCUT2D eigenvalue weighted by Crippen LogP contribution is -2.30. The van der Waals surface area contributed by atoms with E-state index >= 15 is 0 Å². The zero-order valence-electron chi connectivity index (χ0n) is 14.2. The van der Waals surface area contributed by atoms with Crippen LogP contribution in [0.5, 0.6) is 0 Å². The molecule has 1 aliphatic heterocycles. The second-order valence-corrected chi connectivity index (χ2v) is 6.65. The molecule has 0 spiro atoms. The summed E-state index contributed by atoms with van der Waals surface area (Å²) in [6.45, 7) is 0. The Morgan fingerprint density at radius 1 is 0.889 bits per heavy atom. The van der Waals surface area contributed by atoms with Gasteiger partial charge in [-0.15, -0.1) is 0 Å². The van der Waals surface area contributed by atoms with E-state index in [9.17, 15) is 14.4 Å². The minimum atomic E-state index is -0.511. The van der Waals surface area contributed by atoms with Gasteiger partial charge in [-0.2, -0.15) is 0 Å². The highest BCUT2D eigenvalue weighted by Crippen LogP contribution is 2.28. The van der Waals surface area contributed by atoms with Gasteiger partial charge in [0, 0.05) is 11.6 Å². The fourth-order valence-electron chi connectivity index (χ4n) is 3.10. The zero-order valence-corrected chi connectivity index (χ0v) is 14.2. The number of para-hydroxylation sites is 2. The first kappa shape index (κ1) is 15.6. The highest BCUT2D eigenvalue weighted by Gasteiger charge is 2.40. The smallest absolute Gasteiger partial charge is 0.286 e. The Bertz CT molecular complexity index is 1070. The number of imide groups is 1. The molecule has 0 radical (unpaired) electrons. The molecule has 0 saturated heterocycles. The Balaban J connectivity index is 1.48. The molecule has 7 nitrogen and oxygen atoms in total. The van der Waals surface area contributed by atoms with Gasteiger partial charge in [0.2, 0.25) is 0 Å². The average Bonchev–Trinajstić information content (AvgIpc) is 3.47. The van der Waals surface area contributed by atoms with Gasteiger partial charge < -0.3 is 5.32 Å². The molecule has 2 heterocycles. The number of hydrogen-bond donors (Lipinski definition) is 1. The molecule has 0 bridgehead atoms. The molecule has 1 N–H and O–H groups in total. The van der Waals surface area contributed by atoms with E-state index in [1.165, 1.54) is 0 Å². The summed E-state index contributed by atoms with van der Waals surface area (Å²) in [7, 11) is 0. The number of nitrogens with zero attached hydrogens (tertiary/aromatic N) is 3. The molecule has 1 aromatic heterocycles. The number of anilines is 1. The lowest BCUT2D eigenvalue weighted by atomic mass is 10.2. The molecule has 7 heteroatoms. The predicted molar refractivity (Wildman–Crippen MR) is 97.6 cm³/mol. The van der Waals surface area contributed by atoms with Crippen LogP contribution >= 0.6 is 0 Å². The standard InChI is InChI=1S/C20H14N4O3/c25-18(21-12-7-8-12)11-5-9-13(10-6-11)24-19(26)16-17(20(24)27)23-15-4-2-1-3-14(15)22-16/h1-6,9-10,12H,7-8H2,(H,21,25). The summed E-state index contributed by atoms with van der Waals surface area (Å²) >= 11 is 0. The Hall–Kier alpha value is -3.61. The lowest BCUT2D eigenvalue weighted by molar-refractivity contribution is 0.0920. The zero-order chi connectivity index (χ0) is 18.5. The first-order chi connectivity index (χ1) is 13.1. The minimum absolute atomic E-state index is 0.0502. The Morgan fingerprint density at radius 3 is 1.96 bits per heavy atom. The minimum Gasteiger partial charge on any atom is -0.349 e. The van der Waals surface area contributed by atoms with Gasteiger partial charge in [-0.1, -0.05) is 12.1 Å². The Labute approximate surface area is 154 Å². The van der Waals surface area contributed by atoms with E-state index in [2.05, 4.69) is 15.3 Å². The Kier molecular flexibility index (Phi) is 3.30. The molecule has 3 amide bonds. The van der Waals surface area contributed by atoms with Gasteiger partial charge in [0.1, 0.15) is 0 Å². The molecule has 2 aliphatic rings. The maximum absolute atomic E-state index is 12.7. The van der Waals surface area contributed by atoms with Crippen molar-refractivity contribution in [3.63, 3.8) is 0 Å². The van der Waals surface area contributed by atoms with E-state index in [1.807, 2.05) is 0 Å². The first-order valence-electron chi connectivity index (χ1n) is 8.68. The predicted octanol–water partition coefficient (Wildman–Crippen LogP) is 2.32. The van der Waals surface area contributed by atoms with Crippen molar-refractivity contribution in [2.45, 2.75) is 18.9 Å². The third kappa shape index (κ3) is 2.55. The maximum Gasteiger partial charge on any atom is 0.286 e. The third-order valence-corrected chi connectivity index (χ3v) is 4.68. The van der Waals surface area contributed by atoms with Gasteiger partial charge in [0.15, 0.2) is 11.4 Å². The number of carbonyl (C=O) groups excluding carboxylic acids is 3. The monoisotopic (exact) mass is 358 g/mol. The molecule has 0 atom stereocenters. The number of amides is 3. The van der Waals surface area contributed by atoms with E-state index < -0.39 is 11.8 Å². The number of rotatable bonds is 3. The summed E-state index contributed by atoms with van der Waals surface area (Å²) in [6.07, 6.45) is 2.01. The van der Waals surface area contributed by atoms with Crippen molar-refractivity contribution in [2.24, 2.45) is 0 Å². The molecule has 27 heavy (non-hydrogen) atoms. The van der Waals surface area contributed by atoms with Crippen LogP contribution in [-0.4, -0.2) is 33.7 Å². The topological polar surface area (TPSA) is 92.3 Å². The second-order valence-electron chi connectivity index (χ2n) is 6.65. The second kappa shape index (κ2) is 5.70. The van der Waals surface area contributed by atoms with Gasteiger partial charge >= 0.3 is 0 Å². The van der Waals surface area contributed by atoms with E-state index in [1.54, 1.807) is 48.5 Å². The van der Waals surface area contributed by atoms with Crippen LogP contribution in [0.2, 0.25) is 0 Å². The molecule has 132 valence electrons. The Morgan fingerprint density at radius 2 is 1.44 bits per heavy atom. The largest absolute Gasteiger partial charge is 0.349 e. The molecule has 1 saturated carbocycles. The van der Waals surface area contributed by atoms with Crippen LogP contribution in [0, 0.1) is 0 Å². The van der Waals surface area contributed by atoms with Crippen molar-refractivity contribution < 1.29 is 14.4 Å². The summed E-state index contributed by atoms with van der Waals surface area (Å²) in [5.41, 5.74) is 2.10. The highest BCUT2D eigenvalue weighted by molar-refractivity contribution is 6.33. The van der Waals surface area contributed by atoms with Gasteiger partial charge in [0.05, 0.1) is 16.7 Å². The van der Waals surface area contributed by atoms with Crippen LogP contribution in [-0.2, 0) is 0 Å². The van der Waals surface area contributed by atoms with Gasteiger partial charge in [0.25, 0.3) is 17.7 Å². The normalized spacial score (nSPS) is 15.9. The van der Waals surface area contributed by atoms with Crippen molar-refractivity contribution in [3.8, 4) is 0 Å². The van der Waals surface area contributed by atoms with Crippen LogP contribution < -0.4 is 10.2 Å². The van der Waals surface area contributed by atoms with E-state index in [4.69, 9.17) is 0 Å². The molecular weight excluding hydrogens is 344 g/mol. The van der Waals surface area contributed by atoms with Crippen LogP contribution in [0.1, 0.15) is 44.2 Å². The molecule has 3 aromatic rings. The van der Waals surface area contributed by atoms with E-state index in [0.29, 0.717) is 22.3 Å². The first-order valence-corrected chi connectivity index (χ1v) is 8.68. The van der Waals surface area contributed by atoms with Crippen LogP contribution in [0.25, 0.3) is 11.0 Å². The van der Waals surface area contributed by atoms with Crippen LogP contribution in [0.4, 0.5) is 5.69 Å². The number of benzene rings is 2. The van der Waals surface area contributed by atoms with Crippen LogP contribution in [0.3, 0.4) is 0 Å². The van der Waals surface area contributed by atoms with E-state index in [-0.39, 0.29) is 23.3 Å². The van der Waals surface area contributed by atoms with Crippen molar-refractivity contribution in [2.75, 3.05) is 4.90 Å². The highest BCUT2D eigenvalue weighted by atomic mass is 16.2. The quantitative estimate of drug-likeness (QED) is 0.726. The molecule has 5 rings (SSSR count). The molecule has 1 fully saturated rings. The van der Waals surface area contributed by atoms with Crippen molar-refractivity contribution >= 4 is 34.4 Å². The summed E-state index contributed by atoms with van der Waals surface area (Å²) in [5.74, 6) is -1.17. The number of aromatic nitrogens is 2. The van der Waals surface area contributed by atoms with Gasteiger partial charge in [-0.05, 0) is 49.2 Å². The maximum atomic E-state index is 12.7. The number of hydrogen-bond acceptors (Lipinski definition) is 5.